The molecule has 1 aliphatic rings. The number of fused-ring (bicyclic) bond motifs is 4. The number of hydrogen-bond donors (Lipinski definition) is 0. The van der Waals surface area contributed by atoms with E-state index in [1.807, 2.05) is 19.1 Å². The molecule has 0 bridgehead atoms. The van der Waals surface area contributed by atoms with Gasteiger partial charge in [-0.3, -0.25) is 9.36 Å². The summed E-state index contributed by atoms with van der Waals surface area (Å²) in [6, 6.07) is 7.23. The molecule has 0 spiro atoms. The normalized spacial score (nSPS) is 13.0. The van der Waals surface area contributed by atoms with Crippen LogP contribution in [0, 0.1) is 0 Å². The predicted octanol–water partition coefficient (Wildman–Crippen LogP) is 2.27. The van der Waals surface area contributed by atoms with Gasteiger partial charge in [-0.05, 0) is 24.0 Å². The van der Waals surface area contributed by atoms with E-state index in [0.29, 0.717) is 39.0 Å². The molecule has 3 aromatic heterocycles. The van der Waals surface area contributed by atoms with Crippen molar-refractivity contribution >= 4 is 28.4 Å². The van der Waals surface area contributed by atoms with Gasteiger partial charge in [0.2, 0.25) is 11.9 Å². The third-order valence-electron chi connectivity index (χ3n) is 4.12. The van der Waals surface area contributed by atoms with Gasteiger partial charge in [0, 0.05) is 18.5 Å². The fraction of sp³-hybridized carbons (Fsp3) is 0.176. The molecule has 1 aromatic carbocycles. The van der Waals surface area contributed by atoms with Crippen LogP contribution in [0.1, 0.15) is 6.92 Å². The highest BCUT2D eigenvalue weighted by atomic mass is 32.2. The molecule has 0 saturated heterocycles. The van der Waals surface area contributed by atoms with Gasteiger partial charge in [0.05, 0.1) is 16.6 Å². The Hall–Kier alpha value is -3.07. The van der Waals surface area contributed by atoms with E-state index in [0.717, 1.165) is 5.75 Å². The minimum Gasteiger partial charge on any atom is -0.454 e. The van der Waals surface area contributed by atoms with E-state index in [1.54, 1.807) is 33.6 Å². The van der Waals surface area contributed by atoms with E-state index in [1.165, 1.54) is 11.8 Å². The quantitative estimate of drug-likeness (QED) is 0.514. The van der Waals surface area contributed by atoms with Crippen LogP contribution in [0.15, 0.2) is 46.6 Å². The predicted molar refractivity (Wildman–Crippen MR) is 96.4 cm³/mol. The van der Waals surface area contributed by atoms with Crippen molar-refractivity contribution in [2.45, 2.75) is 12.1 Å². The smallest absolute Gasteiger partial charge is 0.266 e. The summed E-state index contributed by atoms with van der Waals surface area (Å²) >= 11 is 1.53. The summed E-state index contributed by atoms with van der Waals surface area (Å²) in [7, 11) is 0. The molecular weight excluding hydrogens is 354 g/mol. The Labute approximate surface area is 151 Å². The number of aromatic nitrogens is 5. The molecule has 0 unspecified atom stereocenters. The highest BCUT2D eigenvalue weighted by Crippen LogP contribution is 2.33. The van der Waals surface area contributed by atoms with Gasteiger partial charge in [0.25, 0.3) is 11.3 Å². The molecule has 5 rings (SSSR count). The lowest BCUT2D eigenvalue weighted by Gasteiger charge is -2.08. The van der Waals surface area contributed by atoms with E-state index in [2.05, 4.69) is 15.1 Å². The highest BCUT2D eigenvalue weighted by molar-refractivity contribution is 7.99. The Morgan fingerprint density at radius 1 is 1.23 bits per heavy atom. The van der Waals surface area contributed by atoms with E-state index in [-0.39, 0.29) is 12.4 Å². The summed E-state index contributed by atoms with van der Waals surface area (Å²) < 4.78 is 13.9. The summed E-state index contributed by atoms with van der Waals surface area (Å²) in [5, 5.41) is 5.56. The second-order valence-corrected chi connectivity index (χ2v) is 6.86. The molecule has 4 heterocycles. The summed E-state index contributed by atoms with van der Waals surface area (Å²) in [4.78, 5) is 21.6. The standard InChI is InChI=1S/C17H13N5O3S/c1-2-26-17-19-16-18-8-11-12(22(16)20-17)5-6-21(15(11)23)10-3-4-13-14(7-10)25-9-24-13/h3-8H,2,9H2,1H3. The molecule has 0 radical (unpaired) electrons. The van der Waals surface area contributed by atoms with Crippen LogP contribution in [-0.4, -0.2) is 36.7 Å². The van der Waals surface area contributed by atoms with E-state index in [9.17, 15) is 4.79 Å². The van der Waals surface area contributed by atoms with Crippen LogP contribution in [0.3, 0.4) is 0 Å². The maximum absolute atomic E-state index is 13.0. The van der Waals surface area contributed by atoms with Crippen molar-refractivity contribution in [3.05, 3.63) is 47.0 Å². The summed E-state index contributed by atoms with van der Waals surface area (Å²) in [6.07, 6.45) is 3.27. The first-order chi connectivity index (χ1) is 12.7. The average Bonchev–Trinajstić information content (AvgIpc) is 3.27. The summed E-state index contributed by atoms with van der Waals surface area (Å²) in [5.74, 6) is 2.65. The van der Waals surface area contributed by atoms with Crippen molar-refractivity contribution in [1.82, 2.24) is 24.1 Å². The molecule has 130 valence electrons. The van der Waals surface area contributed by atoms with Crippen LogP contribution in [0.5, 0.6) is 11.5 Å². The molecule has 1 aliphatic heterocycles. The van der Waals surface area contributed by atoms with Crippen LogP contribution in [-0.2, 0) is 0 Å². The van der Waals surface area contributed by atoms with Crippen molar-refractivity contribution in [1.29, 1.82) is 0 Å². The average molecular weight is 367 g/mol. The fourth-order valence-corrected chi connectivity index (χ4v) is 3.47. The van der Waals surface area contributed by atoms with Crippen LogP contribution >= 0.6 is 11.8 Å². The molecule has 8 nitrogen and oxygen atoms in total. The van der Waals surface area contributed by atoms with Gasteiger partial charge >= 0.3 is 0 Å². The third-order valence-corrected chi connectivity index (χ3v) is 4.84. The maximum atomic E-state index is 13.0. The van der Waals surface area contributed by atoms with Gasteiger partial charge in [0.1, 0.15) is 0 Å². The topological polar surface area (TPSA) is 83.5 Å². The lowest BCUT2D eigenvalue weighted by Crippen LogP contribution is -2.18. The molecule has 0 saturated carbocycles. The Kier molecular flexibility index (Phi) is 3.35. The SMILES string of the molecule is CCSc1nc2ncc3c(=O)n(-c4ccc5c(c4)OCO5)ccc3n2n1. The first-order valence-electron chi connectivity index (χ1n) is 8.04. The Morgan fingerprint density at radius 3 is 3.00 bits per heavy atom. The van der Waals surface area contributed by atoms with Crippen LogP contribution < -0.4 is 15.0 Å². The fourth-order valence-electron chi connectivity index (χ4n) is 2.93. The lowest BCUT2D eigenvalue weighted by molar-refractivity contribution is 0.174. The number of ether oxygens (including phenoxy) is 2. The molecular formula is C17H13N5O3S. The second kappa shape index (κ2) is 5.73. The molecule has 26 heavy (non-hydrogen) atoms. The van der Waals surface area contributed by atoms with E-state index >= 15 is 0 Å². The van der Waals surface area contributed by atoms with Crippen molar-refractivity contribution < 1.29 is 9.47 Å². The molecule has 0 atom stereocenters. The molecule has 0 aliphatic carbocycles. The highest BCUT2D eigenvalue weighted by Gasteiger charge is 2.16. The molecule has 9 heteroatoms. The van der Waals surface area contributed by atoms with Crippen LogP contribution in [0.2, 0.25) is 0 Å². The zero-order valence-electron chi connectivity index (χ0n) is 13.7. The monoisotopic (exact) mass is 367 g/mol. The minimum absolute atomic E-state index is 0.184. The van der Waals surface area contributed by atoms with E-state index < -0.39 is 0 Å². The van der Waals surface area contributed by atoms with Gasteiger partial charge in [-0.25, -0.2) is 4.98 Å². The first kappa shape index (κ1) is 15.2. The van der Waals surface area contributed by atoms with Crippen molar-refractivity contribution in [2.24, 2.45) is 0 Å². The van der Waals surface area contributed by atoms with Crippen molar-refractivity contribution in [2.75, 3.05) is 12.5 Å². The molecule has 0 fully saturated rings. The number of benzene rings is 1. The number of pyridine rings is 1. The summed E-state index contributed by atoms with van der Waals surface area (Å²) in [6.45, 7) is 2.23. The maximum Gasteiger partial charge on any atom is 0.266 e. The van der Waals surface area contributed by atoms with E-state index in [4.69, 9.17) is 9.47 Å². The Morgan fingerprint density at radius 2 is 2.12 bits per heavy atom. The second-order valence-electron chi connectivity index (χ2n) is 5.62. The van der Waals surface area contributed by atoms with Crippen molar-refractivity contribution in [3.8, 4) is 17.2 Å². The van der Waals surface area contributed by atoms with Gasteiger partial charge in [-0.15, -0.1) is 5.10 Å². The largest absolute Gasteiger partial charge is 0.454 e. The minimum atomic E-state index is -0.184. The van der Waals surface area contributed by atoms with Crippen LogP contribution in [0.4, 0.5) is 0 Å². The Balaban J connectivity index is 1.70. The number of thioether (sulfide) groups is 1. The molecule has 4 aromatic rings. The Bertz CT molecular complexity index is 1220. The van der Waals surface area contributed by atoms with Gasteiger partial charge < -0.3 is 9.47 Å². The number of hydrogen-bond acceptors (Lipinski definition) is 7. The third kappa shape index (κ3) is 2.24. The lowest BCUT2D eigenvalue weighted by atomic mass is 10.2. The van der Waals surface area contributed by atoms with Gasteiger partial charge in [-0.1, -0.05) is 18.7 Å². The van der Waals surface area contributed by atoms with Crippen LogP contribution in [0.25, 0.3) is 22.4 Å². The van der Waals surface area contributed by atoms with Gasteiger partial charge in [-0.2, -0.15) is 9.50 Å². The molecule has 0 amide bonds. The zero-order valence-corrected chi connectivity index (χ0v) is 14.6. The van der Waals surface area contributed by atoms with Crippen molar-refractivity contribution in [3.63, 3.8) is 0 Å². The first-order valence-corrected chi connectivity index (χ1v) is 9.03. The number of rotatable bonds is 3. The molecule has 0 N–H and O–H groups in total. The van der Waals surface area contributed by atoms with Gasteiger partial charge in [0.15, 0.2) is 11.5 Å². The number of nitrogens with zero attached hydrogens (tertiary/aromatic N) is 5. The summed E-state index contributed by atoms with van der Waals surface area (Å²) in [5.41, 5.74) is 1.19. The zero-order chi connectivity index (χ0) is 17.7.